The number of amides is 3. The van der Waals surface area contributed by atoms with E-state index in [4.69, 9.17) is 42.7 Å². The number of hydrogen-bond donors (Lipinski definition) is 2. The number of ether oxygens (including phenoxy) is 3. The first-order valence-electron chi connectivity index (χ1n) is 18.9. The van der Waals surface area contributed by atoms with Gasteiger partial charge in [0, 0.05) is 24.5 Å². The molecule has 0 saturated heterocycles. The van der Waals surface area contributed by atoms with Crippen LogP contribution in [0.3, 0.4) is 0 Å². The molecule has 2 aliphatic rings. The van der Waals surface area contributed by atoms with Gasteiger partial charge in [-0.05, 0) is 122 Å². The molecule has 3 unspecified atom stereocenters. The number of fused-ring (bicyclic) bond motifs is 2. The van der Waals surface area contributed by atoms with Gasteiger partial charge < -0.3 is 29.7 Å². The number of halogens is 2. The smallest absolute Gasteiger partial charge is 0.318 e. The first kappa shape index (κ1) is 39.5. The minimum Gasteiger partial charge on any atom is -0.489 e. The summed E-state index contributed by atoms with van der Waals surface area (Å²) in [4.78, 5) is 29.4. The first-order chi connectivity index (χ1) is 27.3. The Hall–Kier alpha value is -5.69. The van der Waals surface area contributed by atoms with E-state index in [1.807, 2.05) is 107 Å². The molecule has 0 bridgehead atoms. The van der Waals surface area contributed by atoms with Crippen LogP contribution in [-0.2, 0) is 30.8 Å². The molecular weight excluding hydrogens is 759 g/mol. The van der Waals surface area contributed by atoms with E-state index < -0.39 is 11.6 Å². The Morgan fingerprint density at radius 3 is 2.21 bits per heavy atom. The van der Waals surface area contributed by atoms with Gasteiger partial charge in [0.2, 0.25) is 5.91 Å². The van der Waals surface area contributed by atoms with Gasteiger partial charge in [0.25, 0.3) is 0 Å². The molecule has 292 valence electrons. The summed E-state index contributed by atoms with van der Waals surface area (Å²) in [6.07, 6.45) is 0.593. The lowest BCUT2D eigenvalue weighted by Gasteiger charge is -2.39. The summed E-state index contributed by atoms with van der Waals surface area (Å²) in [5.41, 5.74) is 6.94. The van der Waals surface area contributed by atoms with Crippen molar-refractivity contribution in [1.82, 2.24) is 15.5 Å². The minimum absolute atomic E-state index is 0.187. The molecule has 0 aromatic heterocycles. The molecule has 57 heavy (non-hydrogen) atoms. The standard InChI is InChI=1S/C46H44Cl2N4O5/c1-28(19-29-5-10-32(11-6-29)33-12-7-30(24-49)8-13-33)50-44(53)40-21-35-22-41-42(23-36(35)25-52(40)45(54)51-46(2,3)4)57-43(27-56-41)34-14-16-37(17-15-34)55-26-31-9-18-38(47)39(48)20-31/h5-18,20,22-23,28,40,43H,19,21,25-27H2,1-4H3,(H,50,53)(H,51,54). The van der Waals surface area contributed by atoms with Crippen LogP contribution in [0.1, 0.15) is 67.2 Å². The molecule has 0 aliphatic carbocycles. The highest BCUT2D eigenvalue weighted by Crippen LogP contribution is 2.41. The molecular formula is C46H44Cl2N4O5. The van der Waals surface area contributed by atoms with E-state index in [2.05, 4.69) is 28.8 Å². The number of nitrogens with zero attached hydrogens (tertiary/aromatic N) is 2. The lowest BCUT2D eigenvalue weighted by atomic mass is 9.92. The van der Waals surface area contributed by atoms with Crippen molar-refractivity contribution in [2.75, 3.05) is 6.61 Å². The predicted molar refractivity (Wildman–Crippen MR) is 222 cm³/mol. The third-order valence-corrected chi connectivity index (χ3v) is 10.7. The van der Waals surface area contributed by atoms with Crippen LogP contribution in [0.15, 0.2) is 103 Å². The lowest BCUT2D eigenvalue weighted by Crippen LogP contribution is -2.58. The van der Waals surface area contributed by atoms with Gasteiger partial charge in [0.1, 0.15) is 25.0 Å². The molecule has 0 fully saturated rings. The fourth-order valence-electron chi connectivity index (χ4n) is 7.04. The van der Waals surface area contributed by atoms with Crippen molar-refractivity contribution >= 4 is 35.1 Å². The van der Waals surface area contributed by atoms with Crippen molar-refractivity contribution < 1.29 is 23.8 Å². The Balaban J connectivity index is 1.01. The summed E-state index contributed by atoms with van der Waals surface area (Å²) in [6, 6.07) is 33.6. The third kappa shape index (κ3) is 9.65. The second-order valence-corrected chi connectivity index (χ2v) is 16.4. The summed E-state index contributed by atoms with van der Waals surface area (Å²) in [7, 11) is 0. The van der Waals surface area contributed by atoms with Crippen LogP contribution in [0.4, 0.5) is 4.79 Å². The number of carbonyl (C=O) groups excluding carboxylic acids is 2. The fraction of sp³-hybridized carbons (Fsp3) is 0.283. The van der Waals surface area contributed by atoms with Crippen molar-refractivity contribution in [3.8, 4) is 34.4 Å². The summed E-state index contributed by atoms with van der Waals surface area (Å²) >= 11 is 12.2. The molecule has 5 aromatic rings. The maximum atomic E-state index is 14.0. The van der Waals surface area contributed by atoms with Crippen LogP contribution in [0.2, 0.25) is 10.0 Å². The van der Waals surface area contributed by atoms with Gasteiger partial charge in [0.05, 0.1) is 21.7 Å². The Kier molecular flexibility index (Phi) is 11.7. The average Bonchev–Trinajstić information content (AvgIpc) is 3.19. The van der Waals surface area contributed by atoms with E-state index in [9.17, 15) is 9.59 Å². The summed E-state index contributed by atoms with van der Waals surface area (Å²) in [5.74, 6) is 1.68. The van der Waals surface area contributed by atoms with Crippen LogP contribution in [0, 0.1) is 11.3 Å². The first-order valence-corrected chi connectivity index (χ1v) is 19.7. The normalized spacial score (nSPS) is 16.5. The molecule has 5 aromatic carbocycles. The summed E-state index contributed by atoms with van der Waals surface area (Å²) < 4.78 is 18.7. The van der Waals surface area contributed by atoms with E-state index in [0.717, 1.165) is 38.9 Å². The van der Waals surface area contributed by atoms with Gasteiger partial charge in [-0.2, -0.15) is 5.26 Å². The van der Waals surface area contributed by atoms with E-state index in [-0.39, 0.29) is 30.6 Å². The predicted octanol–water partition coefficient (Wildman–Crippen LogP) is 9.61. The molecule has 0 saturated carbocycles. The van der Waals surface area contributed by atoms with Gasteiger partial charge in [-0.1, -0.05) is 77.8 Å². The van der Waals surface area contributed by atoms with Crippen LogP contribution in [0.25, 0.3) is 11.1 Å². The summed E-state index contributed by atoms with van der Waals surface area (Å²) in [5, 5.41) is 16.3. The zero-order chi connectivity index (χ0) is 40.3. The maximum absolute atomic E-state index is 14.0. The second kappa shape index (κ2) is 16.8. The molecule has 9 nitrogen and oxygen atoms in total. The molecule has 0 spiro atoms. The molecule has 2 aliphatic heterocycles. The highest BCUT2D eigenvalue weighted by atomic mass is 35.5. The van der Waals surface area contributed by atoms with Gasteiger partial charge in [-0.15, -0.1) is 0 Å². The molecule has 0 radical (unpaired) electrons. The van der Waals surface area contributed by atoms with E-state index >= 15 is 0 Å². The Labute approximate surface area is 343 Å². The van der Waals surface area contributed by atoms with Crippen LogP contribution in [0.5, 0.6) is 17.2 Å². The van der Waals surface area contributed by atoms with E-state index in [1.54, 1.807) is 17.0 Å². The minimum atomic E-state index is -0.728. The molecule has 3 atom stereocenters. The van der Waals surface area contributed by atoms with E-state index in [1.165, 1.54) is 0 Å². The monoisotopic (exact) mass is 802 g/mol. The Bertz CT molecular complexity index is 2300. The van der Waals surface area contributed by atoms with Gasteiger partial charge in [-0.3, -0.25) is 4.79 Å². The highest BCUT2D eigenvalue weighted by molar-refractivity contribution is 6.42. The SMILES string of the molecule is CC(Cc1ccc(-c2ccc(C#N)cc2)cc1)NC(=O)C1Cc2cc3c(cc2CN1C(=O)NC(C)(C)C)OC(c1ccc(OCc2ccc(Cl)c(Cl)c2)cc1)CO3. The molecule has 11 heteroatoms. The lowest BCUT2D eigenvalue weighted by molar-refractivity contribution is -0.126. The van der Waals surface area contributed by atoms with Gasteiger partial charge in [-0.25, -0.2) is 4.79 Å². The Morgan fingerprint density at radius 2 is 1.54 bits per heavy atom. The van der Waals surface area contributed by atoms with Crippen molar-refractivity contribution in [1.29, 1.82) is 5.26 Å². The number of urea groups is 1. The van der Waals surface area contributed by atoms with E-state index in [0.29, 0.717) is 58.9 Å². The highest BCUT2D eigenvalue weighted by Gasteiger charge is 2.38. The largest absolute Gasteiger partial charge is 0.489 e. The quantitative estimate of drug-likeness (QED) is 0.154. The molecule has 7 rings (SSSR count). The van der Waals surface area contributed by atoms with Crippen molar-refractivity contribution in [2.45, 2.75) is 77.4 Å². The second-order valence-electron chi connectivity index (χ2n) is 15.6. The number of nitriles is 1. The number of benzene rings is 5. The van der Waals surface area contributed by atoms with Crippen LogP contribution >= 0.6 is 23.2 Å². The fourth-order valence-corrected chi connectivity index (χ4v) is 7.37. The van der Waals surface area contributed by atoms with Crippen molar-refractivity contribution in [2.24, 2.45) is 0 Å². The van der Waals surface area contributed by atoms with Crippen LogP contribution < -0.4 is 24.8 Å². The maximum Gasteiger partial charge on any atom is 0.318 e. The average molecular weight is 804 g/mol. The number of carbonyl (C=O) groups is 2. The molecule has 3 amide bonds. The number of nitrogens with one attached hydrogen (secondary N) is 2. The van der Waals surface area contributed by atoms with Crippen molar-refractivity contribution in [3.05, 3.63) is 147 Å². The van der Waals surface area contributed by atoms with Gasteiger partial charge >= 0.3 is 6.03 Å². The third-order valence-electron chi connectivity index (χ3n) is 9.97. The number of rotatable bonds is 9. The molecule has 2 heterocycles. The zero-order valence-corrected chi connectivity index (χ0v) is 33.8. The van der Waals surface area contributed by atoms with Crippen LogP contribution in [-0.4, -0.2) is 41.1 Å². The molecule has 2 N–H and O–H groups in total. The zero-order valence-electron chi connectivity index (χ0n) is 32.3. The topological polar surface area (TPSA) is 113 Å². The van der Waals surface area contributed by atoms with Gasteiger partial charge in [0.15, 0.2) is 17.6 Å². The Morgan fingerprint density at radius 1 is 0.877 bits per heavy atom. The van der Waals surface area contributed by atoms with Crippen molar-refractivity contribution in [3.63, 3.8) is 0 Å². The summed E-state index contributed by atoms with van der Waals surface area (Å²) in [6.45, 7) is 8.62. The number of hydrogen-bond acceptors (Lipinski definition) is 6.